The van der Waals surface area contributed by atoms with Gasteiger partial charge in [-0.25, -0.2) is 4.98 Å². The first-order chi connectivity index (χ1) is 6.63. The maximum atomic E-state index is 5.78. The number of nitrogens with two attached hydrogens (primary N) is 1. The molecule has 0 saturated heterocycles. The molecule has 0 bridgehead atoms. The monoisotopic (exact) mass is 230 g/mol. The lowest BCUT2D eigenvalue weighted by Crippen LogP contribution is -1.98. The van der Waals surface area contributed by atoms with Crippen LogP contribution in [0.5, 0.6) is 0 Å². The van der Waals surface area contributed by atoms with Crippen molar-refractivity contribution in [2.45, 2.75) is 25.3 Å². The van der Waals surface area contributed by atoms with Crippen LogP contribution in [-0.4, -0.2) is 10.7 Å². The summed E-state index contributed by atoms with van der Waals surface area (Å²) in [6.45, 7) is 4.41. The number of nitrogen functional groups attached to an aromatic ring is 1. The Labute approximate surface area is 94.2 Å². The normalized spacial score (nSPS) is 12.8. The van der Waals surface area contributed by atoms with E-state index < -0.39 is 0 Å². The molecule has 1 aromatic rings. The van der Waals surface area contributed by atoms with Crippen LogP contribution in [0.2, 0.25) is 5.02 Å². The number of thioether (sulfide) groups is 1. The van der Waals surface area contributed by atoms with Gasteiger partial charge in [-0.2, -0.15) is 0 Å². The summed E-state index contributed by atoms with van der Waals surface area (Å²) in [6.07, 6.45) is 2.82. The van der Waals surface area contributed by atoms with Crippen LogP contribution in [0.1, 0.15) is 20.3 Å². The Bertz CT molecular complexity index is 304. The van der Waals surface area contributed by atoms with Crippen LogP contribution in [0.4, 0.5) is 5.69 Å². The molecule has 0 radical (unpaired) electrons. The lowest BCUT2D eigenvalue weighted by Gasteiger charge is -2.08. The summed E-state index contributed by atoms with van der Waals surface area (Å²) in [5.74, 6) is 1.74. The first kappa shape index (κ1) is 11.7. The number of nitrogens with zero attached hydrogens (tertiary/aromatic N) is 1. The molecule has 0 saturated carbocycles. The molecule has 1 aromatic heterocycles. The highest BCUT2D eigenvalue weighted by atomic mass is 35.5. The topological polar surface area (TPSA) is 38.9 Å². The van der Waals surface area contributed by atoms with E-state index in [1.807, 2.05) is 0 Å². The molecular weight excluding hydrogens is 216 g/mol. The van der Waals surface area contributed by atoms with Crippen molar-refractivity contribution < 1.29 is 0 Å². The van der Waals surface area contributed by atoms with Gasteiger partial charge >= 0.3 is 0 Å². The van der Waals surface area contributed by atoms with E-state index in [0.717, 1.165) is 10.8 Å². The lowest BCUT2D eigenvalue weighted by atomic mass is 10.2. The second-order valence-corrected chi connectivity index (χ2v) is 4.82. The number of pyridine rings is 1. The molecule has 1 rings (SSSR count). The van der Waals surface area contributed by atoms with Gasteiger partial charge in [-0.15, -0.1) is 11.8 Å². The number of rotatable bonds is 4. The van der Waals surface area contributed by atoms with Crippen molar-refractivity contribution in [2.24, 2.45) is 5.92 Å². The van der Waals surface area contributed by atoms with Crippen molar-refractivity contribution in [2.75, 3.05) is 11.5 Å². The van der Waals surface area contributed by atoms with Gasteiger partial charge < -0.3 is 5.73 Å². The Morgan fingerprint density at radius 2 is 2.36 bits per heavy atom. The Morgan fingerprint density at radius 3 is 2.93 bits per heavy atom. The Balaban J connectivity index is 2.59. The minimum absolute atomic E-state index is 0.593. The molecule has 0 aliphatic heterocycles. The molecule has 2 N–H and O–H groups in total. The summed E-state index contributed by atoms with van der Waals surface area (Å²) in [6, 6.07) is 1.74. The average Bonchev–Trinajstić information content (AvgIpc) is 2.16. The van der Waals surface area contributed by atoms with Crippen molar-refractivity contribution in [1.82, 2.24) is 4.98 Å². The van der Waals surface area contributed by atoms with Crippen molar-refractivity contribution in [3.63, 3.8) is 0 Å². The van der Waals surface area contributed by atoms with Crippen LogP contribution < -0.4 is 5.73 Å². The Morgan fingerprint density at radius 1 is 1.64 bits per heavy atom. The van der Waals surface area contributed by atoms with Crippen LogP contribution in [0, 0.1) is 5.92 Å². The summed E-state index contributed by atoms with van der Waals surface area (Å²) >= 11 is 7.45. The highest BCUT2D eigenvalue weighted by Gasteiger charge is 2.05. The zero-order valence-electron chi connectivity index (χ0n) is 8.46. The number of halogens is 1. The van der Waals surface area contributed by atoms with Crippen LogP contribution in [-0.2, 0) is 0 Å². The molecule has 14 heavy (non-hydrogen) atoms. The number of aromatic nitrogens is 1. The summed E-state index contributed by atoms with van der Waals surface area (Å²) in [5.41, 5.74) is 6.45. The maximum absolute atomic E-state index is 5.78. The average molecular weight is 231 g/mol. The number of hydrogen-bond acceptors (Lipinski definition) is 3. The summed E-state index contributed by atoms with van der Waals surface area (Å²) in [7, 11) is 0. The van der Waals surface area contributed by atoms with Crippen molar-refractivity contribution in [3.8, 4) is 0 Å². The molecule has 4 heteroatoms. The molecular formula is C10H15ClN2S. The summed E-state index contributed by atoms with van der Waals surface area (Å²) < 4.78 is 0. The molecule has 78 valence electrons. The second kappa shape index (κ2) is 5.47. The molecule has 0 aliphatic rings. The number of anilines is 1. The first-order valence-electron chi connectivity index (χ1n) is 4.67. The molecule has 2 nitrogen and oxygen atoms in total. The van der Waals surface area contributed by atoms with Gasteiger partial charge in [-0.1, -0.05) is 31.9 Å². The molecule has 0 aromatic carbocycles. The molecule has 0 aliphatic carbocycles. The van der Waals surface area contributed by atoms with Crippen LogP contribution in [0.3, 0.4) is 0 Å². The summed E-state index contributed by atoms with van der Waals surface area (Å²) in [4.78, 5) is 4.19. The van der Waals surface area contributed by atoms with Crippen LogP contribution in [0.15, 0.2) is 17.3 Å². The van der Waals surface area contributed by atoms with Gasteiger partial charge in [-0.3, -0.25) is 0 Å². The largest absolute Gasteiger partial charge is 0.397 e. The molecule has 0 spiro atoms. The molecule has 1 atom stereocenters. The fourth-order valence-corrected chi connectivity index (χ4v) is 2.10. The Hall–Kier alpha value is -0.410. The molecule has 0 fully saturated rings. The van der Waals surface area contributed by atoms with E-state index >= 15 is 0 Å². The smallest absolute Gasteiger partial charge is 0.119 e. The molecule has 1 unspecified atom stereocenters. The van der Waals surface area contributed by atoms with Gasteiger partial charge in [0.1, 0.15) is 5.03 Å². The fourth-order valence-electron chi connectivity index (χ4n) is 0.902. The zero-order valence-corrected chi connectivity index (χ0v) is 10.0. The second-order valence-electron chi connectivity index (χ2n) is 3.37. The van der Waals surface area contributed by atoms with E-state index in [0.29, 0.717) is 16.6 Å². The van der Waals surface area contributed by atoms with Gasteiger partial charge in [0.2, 0.25) is 0 Å². The van der Waals surface area contributed by atoms with E-state index in [9.17, 15) is 0 Å². The Kier molecular flexibility index (Phi) is 4.55. The highest BCUT2D eigenvalue weighted by Crippen LogP contribution is 2.26. The predicted octanol–water partition coefficient (Wildman–Crippen LogP) is 3.46. The fraction of sp³-hybridized carbons (Fsp3) is 0.500. The minimum atomic E-state index is 0.593. The van der Waals surface area contributed by atoms with Crippen molar-refractivity contribution in [1.29, 1.82) is 0 Å². The van der Waals surface area contributed by atoms with E-state index in [1.54, 1.807) is 24.0 Å². The quantitative estimate of drug-likeness (QED) is 0.806. The van der Waals surface area contributed by atoms with E-state index in [4.69, 9.17) is 17.3 Å². The summed E-state index contributed by atoms with van der Waals surface area (Å²) in [5, 5.41) is 1.48. The third-order valence-corrected chi connectivity index (χ3v) is 3.60. The van der Waals surface area contributed by atoms with E-state index in [-0.39, 0.29) is 0 Å². The first-order valence-corrected chi connectivity index (χ1v) is 6.03. The van der Waals surface area contributed by atoms with Crippen molar-refractivity contribution in [3.05, 3.63) is 17.3 Å². The van der Waals surface area contributed by atoms with Gasteiger partial charge in [0, 0.05) is 11.9 Å². The van der Waals surface area contributed by atoms with Crippen molar-refractivity contribution >= 4 is 29.1 Å². The molecule has 1 heterocycles. The third kappa shape index (κ3) is 3.39. The SMILES string of the molecule is CCC(C)CSc1ncc(Cl)cc1N. The van der Waals surface area contributed by atoms with E-state index in [2.05, 4.69) is 18.8 Å². The van der Waals surface area contributed by atoms with E-state index in [1.165, 1.54) is 6.42 Å². The number of hydrogen-bond donors (Lipinski definition) is 1. The van der Waals surface area contributed by atoms with Gasteiger partial charge in [0.05, 0.1) is 10.7 Å². The highest BCUT2D eigenvalue weighted by molar-refractivity contribution is 7.99. The third-order valence-electron chi connectivity index (χ3n) is 2.05. The van der Waals surface area contributed by atoms with Gasteiger partial charge in [0.25, 0.3) is 0 Å². The standard InChI is InChI=1S/C10H15ClN2S/c1-3-7(2)6-14-10-9(12)4-8(11)5-13-10/h4-5,7H,3,6,12H2,1-2H3. The lowest BCUT2D eigenvalue weighted by molar-refractivity contribution is 0.636. The van der Waals surface area contributed by atoms with Crippen LogP contribution in [0.25, 0.3) is 0 Å². The zero-order chi connectivity index (χ0) is 10.6. The maximum Gasteiger partial charge on any atom is 0.119 e. The minimum Gasteiger partial charge on any atom is -0.397 e. The van der Waals surface area contributed by atoms with Crippen LogP contribution >= 0.6 is 23.4 Å². The van der Waals surface area contributed by atoms with Gasteiger partial charge in [0.15, 0.2) is 0 Å². The predicted molar refractivity (Wildman–Crippen MR) is 63.8 cm³/mol. The molecule has 0 amide bonds. The van der Waals surface area contributed by atoms with Gasteiger partial charge in [-0.05, 0) is 12.0 Å².